The van der Waals surface area contributed by atoms with E-state index in [-0.39, 0.29) is 29.8 Å². The summed E-state index contributed by atoms with van der Waals surface area (Å²) in [5.74, 6) is -0.320. The van der Waals surface area contributed by atoms with Crippen LogP contribution in [-0.4, -0.2) is 35.3 Å². The van der Waals surface area contributed by atoms with E-state index in [4.69, 9.17) is 0 Å². The Labute approximate surface area is 159 Å². The maximum absolute atomic E-state index is 13.3. The largest absolute Gasteiger partial charge is 0.350 e. The summed E-state index contributed by atoms with van der Waals surface area (Å²) in [4.78, 5) is 25.9. The normalized spacial score (nSPS) is 11.6. The first kappa shape index (κ1) is 17.5. The van der Waals surface area contributed by atoms with Crippen LogP contribution in [0.25, 0.3) is 28.1 Å². The Kier molecular flexibility index (Phi) is 4.31. The van der Waals surface area contributed by atoms with E-state index in [0.29, 0.717) is 22.6 Å². The molecule has 0 aliphatic rings. The number of hydrogen-bond acceptors (Lipinski definition) is 5. The third-order valence-electron chi connectivity index (χ3n) is 4.12. The lowest BCUT2D eigenvalue weighted by molar-refractivity contribution is 0.0944. The van der Waals surface area contributed by atoms with E-state index < -0.39 is 0 Å². The summed E-state index contributed by atoms with van der Waals surface area (Å²) in [5, 5.41) is 2.81. The summed E-state index contributed by atoms with van der Waals surface area (Å²) in [7, 11) is 0. The number of aryl methyl sites for hydroxylation is 1. The Morgan fingerprint density at radius 1 is 1.26 bits per heavy atom. The third kappa shape index (κ3) is 3.03. The summed E-state index contributed by atoms with van der Waals surface area (Å²) in [5.41, 5.74) is 4.06. The van der Waals surface area contributed by atoms with Crippen LogP contribution in [-0.2, 0) is 0 Å². The van der Waals surface area contributed by atoms with Crippen LogP contribution in [0.4, 0.5) is 3.89 Å². The summed E-state index contributed by atoms with van der Waals surface area (Å²) in [6.45, 7) is 5.72. The molecule has 0 aromatic carbocycles. The monoisotopic (exact) mass is 384 g/mol. The van der Waals surface area contributed by atoms with E-state index in [9.17, 15) is 8.68 Å². The molecule has 0 saturated heterocycles. The molecule has 4 aromatic heterocycles. The Balaban J connectivity index is 1.89. The molecule has 7 nitrogen and oxygen atoms in total. The second kappa shape index (κ2) is 6.66. The Hall–Kier alpha value is -2.94. The zero-order valence-corrected chi connectivity index (χ0v) is 15.8. The number of fused-ring (bicyclic) bond motifs is 2. The molecule has 0 radical (unpaired) electrons. The van der Waals surface area contributed by atoms with Crippen molar-refractivity contribution in [3.05, 3.63) is 48.2 Å². The average molecular weight is 384 g/mol. The SMILES string of the molecule is Cc1ccc2c(-c3cnc4c(n3)c(C(=O)NC(C)C)cn4SF)ncn2c1. The van der Waals surface area contributed by atoms with Gasteiger partial charge in [0.05, 0.1) is 17.3 Å². The molecule has 0 bridgehead atoms. The van der Waals surface area contributed by atoms with Crippen molar-refractivity contribution in [3.8, 4) is 11.4 Å². The van der Waals surface area contributed by atoms with Gasteiger partial charge in [0, 0.05) is 18.4 Å². The molecule has 0 aliphatic carbocycles. The van der Waals surface area contributed by atoms with Crippen LogP contribution in [0.5, 0.6) is 0 Å². The number of aromatic nitrogens is 5. The van der Waals surface area contributed by atoms with Gasteiger partial charge in [-0.05, 0) is 32.4 Å². The minimum atomic E-state index is -0.320. The highest BCUT2D eigenvalue weighted by Crippen LogP contribution is 2.27. The first-order valence-electron chi connectivity index (χ1n) is 8.39. The van der Waals surface area contributed by atoms with Gasteiger partial charge in [0.1, 0.15) is 23.2 Å². The molecular weight excluding hydrogens is 367 g/mol. The highest BCUT2D eigenvalue weighted by Gasteiger charge is 2.20. The molecule has 4 rings (SSSR count). The molecule has 0 spiro atoms. The average Bonchev–Trinajstić information content (AvgIpc) is 3.21. The van der Waals surface area contributed by atoms with Crippen LogP contribution in [0.3, 0.4) is 0 Å². The fourth-order valence-corrected chi connectivity index (χ4v) is 3.29. The number of hydrogen-bond donors (Lipinski definition) is 1. The minimum absolute atomic E-state index is 0.0227. The lowest BCUT2D eigenvalue weighted by Gasteiger charge is -2.06. The maximum atomic E-state index is 13.3. The van der Waals surface area contributed by atoms with Crippen LogP contribution in [0.1, 0.15) is 29.8 Å². The third-order valence-corrected chi connectivity index (χ3v) is 4.55. The van der Waals surface area contributed by atoms with Gasteiger partial charge in [0.15, 0.2) is 18.0 Å². The Morgan fingerprint density at radius 3 is 2.81 bits per heavy atom. The second-order valence-corrected chi connectivity index (χ2v) is 7.12. The highest BCUT2D eigenvalue weighted by molar-refractivity contribution is 7.92. The zero-order chi connectivity index (χ0) is 19.1. The van der Waals surface area contributed by atoms with Gasteiger partial charge < -0.3 is 9.72 Å². The van der Waals surface area contributed by atoms with Crippen LogP contribution in [0.2, 0.25) is 0 Å². The number of rotatable bonds is 4. The van der Waals surface area contributed by atoms with Crippen molar-refractivity contribution in [2.24, 2.45) is 0 Å². The van der Waals surface area contributed by atoms with Gasteiger partial charge in [0.25, 0.3) is 5.91 Å². The highest BCUT2D eigenvalue weighted by atomic mass is 32.2. The van der Waals surface area contributed by atoms with E-state index in [1.807, 2.05) is 43.5 Å². The predicted molar refractivity (Wildman–Crippen MR) is 103 cm³/mol. The number of imidazole rings is 1. The van der Waals surface area contributed by atoms with Crippen molar-refractivity contribution in [3.63, 3.8) is 0 Å². The van der Waals surface area contributed by atoms with Gasteiger partial charge in [-0.3, -0.25) is 4.79 Å². The van der Waals surface area contributed by atoms with E-state index in [1.54, 1.807) is 12.5 Å². The van der Waals surface area contributed by atoms with E-state index in [1.165, 1.54) is 10.2 Å². The molecule has 27 heavy (non-hydrogen) atoms. The van der Waals surface area contributed by atoms with Crippen molar-refractivity contribution in [1.82, 2.24) is 28.6 Å². The zero-order valence-electron chi connectivity index (χ0n) is 15.0. The lowest BCUT2D eigenvalue weighted by atomic mass is 10.2. The molecule has 0 aliphatic heterocycles. The van der Waals surface area contributed by atoms with Gasteiger partial charge in [0.2, 0.25) is 0 Å². The molecule has 0 unspecified atom stereocenters. The van der Waals surface area contributed by atoms with E-state index >= 15 is 0 Å². The Bertz CT molecular complexity index is 1170. The van der Waals surface area contributed by atoms with Gasteiger partial charge >= 0.3 is 0 Å². The topological polar surface area (TPSA) is 77.1 Å². The summed E-state index contributed by atoms with van der Waals surface area (Å²) < 4.78 is 16.4. The first-order valence-corrected chi connectivity index (χ1v) is 9.07. The van der Waals surface area contributed by atoms with Crippen LogP contribution < -0.4 is 5.32 Å². The van der Waals surface area contributed by atoms with Crippen molar-refractivity contribution in [1.29, 1.82) is 0 Å². The van der Waals surface area contributed by atoms with Crippen LogP contribution >= 0.6 is 12.3 Å². The van der Waals surface area contributed by atoms with Crippen molar-refractivity contribution in [2.45, 2.75) is 26.8 Å². The quantitative estimate of drug-likeness (QED) is 0.582. The standard InChI is InChI=1S/C18H17FN6OS/c1-10(2)22-18(26)12-8-25(27-19)17-15(12)23-13(6-20-17)16-14-5-4-11(3)7-24(14)9-21-16/h4-10H,1-3H3,(H,22,26). The van der Waals surface area contributed by atoms with Gasteiger partial charge in [-0.2, -0.15) is 0 Å². The van der Waals surface area contributed by atoms with Crippen molar-refractivity contribution in [2.75, 3.05) is 0 Å². The molecular formula is C18H17FN6OS. The fourth-order valence-electron chi connectivity index (χ4n) is 2.95. The van der Waals surface area contributed by atoms with Crippen LogP contribution in [0, 0.1) is 6.92 Å². The van der Waals surface area contributed by atoms with Gasteiger partial charge in [-0.1, -0.05) is 6.07 Å². The number of pyridine rings is 1. The number of nitrogens with one attached hydrogen (secondary N) is 1. The first-order chi connectivity index (χ1) is 13.0. The molecule has 4 aromatic rings. The number of halogens is 1. The molecule has 138 valence electrons. The number of carbonyl (C=O) groups is 1. The second-order valence-electron chi connectivity index (χ2n) is 6.59. The molecule has 0 fully saturated rings. The van der Waals surface area contributed by atoms with Gasteiger partial charge in [-0.15, -0.1) is 3.89 Å². The molecule has 1 amide bonds. The molecule has 9 heteroatoms. The smallest absolute Gasteiger partial charge is 0.255 e. The molecule has 1 N–H and O–H groups in total. The number of nitrogens with zero attached hydrogens (tertiary/aromatic N) is 5. The molecule has 0 atom stereocenters. The number of amides is 1. The maximum Gasteiger partial charge on any atom is 0.255 e. The van der Waals surface area contributed by atoms with Crippen LogP contribution in [0.15, 0.2) is 37.1 Å². The Morgan fingerprint density at radius 2 is 2.07 bits per heavy atom. The summed E-state index contributed by atoms with van der Waals surface area (Å²) in [6, 6.07) is 3.90. The van der Waals surface area contributed by atoms with Gasteiger partial charge in [-0.25, -0.2) is 18.9 Å². The lowest BCUT2D eigenvalue weighted by Crippen LogP contribution is -2.30. The minimum Gasteiger partial charge on any atom is -0.350 e. The number of carbonyl (C=O) groups excluding carboxylic acids is 1. The fraction of sp³-hybridized carbons (Fsp3) is 0.222. The molecule has 0 saturated carbocycles. The van der Waals surface area contributed by atoms with Crippen molar-refractivity contribution < 1.29 is 8.68 Å². The van der Waals surface area contributed by atoms with E-state index in [0.717, 1.165) is 11.1 Å². The predicted octanol–water partition coefficient (Wildman–Crippen LogP) is 3.57. The summed E-state index contributed by atoms with van der Waals surface area (Å²) in [6.07, 6.45) is 6.63. The summed E-state index contributed by atoms with van der Waals surface area (Å²) >= 11 is -0.0227. The molecule has 4 heterocycles. The van der Waals surface area contributed by atoms with E-state index in [2.05, 4.69) is 20.3 Å². The van der Waals surface area contributed by atoms with Crippen molar-refractivity contribution >= 4 is 34.9 Å².